The Kier molecular flexibility index (Phi) is 4.57. The molecule has 8 heteroatoms. The Morgan fingerprint density at radius 1 is 1.40 bits per heavy atom. The summed E-state index contributed by atoms with van der Waals surface area (Å²) in [7, 11) is 0. The lowest BCUT2D eigenvalue weighted by Crippen LogP contribution is -2.41. The highest BCUT2D eigenvalue weighted by molar-refractivity contribution is 5.75. The lowest BCUT2D eigenvalue weighted by molar-refractivity contribution is 0.124. The first-order chi connectivity index (χ1) is 9.60. The highest BCUT2D eigenvalue weighted by Gasteiger charge is 2.22. The first-order valence-electron chi connectivity index (χ1n) is 6.51. The quantitative estimate of drug-likeness (QED) is 0.740. The number of aliphatic hydroxyl groups is 1. The number of carbonyl (C=O) groups is 2. The molecular formula is C12H18N4O4. The number of likely N-dealkylation sites (tertiary alicyclic amines) is 1. The molecule has 1 aromatic heterocycles. The molecule has 0 aliphatic carbocycles. The SMILES string of the molecule is O=C(O)N1CCC(CNC(=O)n2ccc(CO)n2)CC1. The molecule has 1 aliphatic rings. The van der Waals surface area contributed by atoms with Crippen LogP contribution in [0, 0.1) is 5.92 Å². The van der Waals surface area contributed by atoms with Crippen molar-refractivity contribution in [1.82, 2.24) is 20.0 Å². The van der Waals surface area contributed by atoms with Gasteiger partial charge in [0, 0.05) is 25.8 Å². The Labute approximate surface area is 116 Å². The van der Waals surface area contributed by atoms with Gasteiger partial charge < -0.3 is 20.4 Å². The Bertz CT molecular complexity index is 480. The van der Waals surface area contributed by atoms with Crippen LogP contribution in [-0.4, -0.2) is 56.7 Å². The van der Waals surface area contributed by atoms with Gasteiger partial charge in [-0.15, -0.1) is 0 Å². The maximum atomic E-state index is 11.8. The van der Waals surface area contributed by atoms with Crippen LogP contribution in [0.3, 0.4) is 0 Å². The van der Waals surface area contributed by atoms with Crippen LogP contribution >= 0.6 is 0 Å². The number of amides is 2. The highest BCUT2D eigenvalue weighted by Crippen LogP contribution is 2.16. The van der Waals surface area contributed by atoms with Crippen molar-refractivity contribution in [2.24, 2.45) is 5.92 Å². The Morgan fingerprint density at radius 2 is 2.10 bits per heavy atom. The minimum atomic E-state index is -0.888. The van der Waals surface area contributed by atoms with E-state index in [4.69, 9.17) is 10.2 Å². The van der Waals surface area contributed by atoms with Crippen molar-refractivity contribution in [2.45, 2.75) is 19.4 Å². The summed E-state index contributed by atoms with van der Waals surface area (Å²) in [4.78, 5) is 23.9. The number of hydrogen-bond acceptors (Lipinski definition) is 4. The van der Waals surface area contributed by atoms with E-state index in [-0.39, 0.29) is 18.6 Å². The Hall–Kier alpha value is -2.09. The van der Waals surface area contributed by atoms with Crippen LogP contribution in [-0.2, 0) is 6.61 Å². The zero-order chi connectivity index (χ0) is 14.5. The van der Waals surface area contributed by atoms with Crippen LogP contribution in [0.15, 0.2) is 12.3 Å². The molecule has 20 heavy (non-hydrogen) atoms. The smallest absolute Gasteiger partial charge is 0.407 e. The highest BCUT2D eigenvalue weighted by atomic mass is 16.4. The molecular weight excluding hydrogens is 264 g/mol. The Morgan fingerprint density at radius 3 is 2.65 bits per heavy atom. The summed E-state index contributed by atoms with van der Waals surface area (Å²) in [5.74, 6) is 0.280. The number of aromatic nitrogens is 2. The van der Waals surface area contributed by atoms with Gasteiger partial charge in [0.25, 0.3) is 0 Å². The van der Waals surface area contributed by atoms with E-state index in [2.05, 4.69) is 10.4 Å². The number of carbonyl (C=O) groups excluding carboxylic acids is 1. The Balaban J connectivity index is 1.75. The van der Waals surface area contributed by atoms with Gasteiger partial charge in [-0.05, 0) is 24.8 Å². The maximum absolute atomic E-state index is 11.8. The molecule has 2 rings (SSSR count). The first kappa shape index (κ1) is 14.3. The van der Waals surface area contributed by atoms with E-state index in [9.17, 15) is 9.59 Å². The number of rotatable bonds is 3. The topological polar surface area (TPSA) is 108 Å². The molecule has 0 radical (unpaired) electrons. The number of nitrogens with zero attached hydrogens (tertiary/aromatic N) is 3. The fourth-order valence-corrected chi connectivity index (χ4v) is 2.20. The van der Waals surface area contributed by atoms with Crippen LogP contribution in [0.5, 0.6) is 0 Å². The zero-order valence-corrected chi connectivity index (χ0v) is 11.0. The van der Waals surface area contributed by atoms with Gasteiger partial charge in [0.05, 0.1) is 12.3 Å². The van der Waals surface area contributed by atoms with Crippen LogP contribution in [0.2, 0.25) is 0 Å². The normalized spacial score (nSPS) is 16.1. The average Bonchev–Trinajstić information content (AvgIpc) is 2.94. The fourth-order valence-electron chi connectivity index (χ4n) is 2.20. The number of hydrogen-bond donors (Lipinski definition) is 3. The van der Waals surface area contributed by atoms with E-state index in [0.29, 0.717) is 25.3 Å². The summed E-state index contributed by atoms with van der Waals surface area (Å²) >= 11 is 0. The van der Waals surface area contributed by atoms with Crippen molar-refractivity contribution >= 4 is 12.1 Å². The van der Waals surface area contributed by atoms with E-state index in [1.807, 2.05) is 0 Å². The first-order valence-corrected chi connectivity index (χ1v) is 6.51. The van der Waals surface area contributed by atoms with Crippen molar-refractivity contribution in [3.05, 3.63) is 18.0 Å². The molecule has 0 saturated carbocycles. The second-order valence-corrected chi connectivity index (χ2v) is 4.81. The van der Waals surface area contributed by atoms with Gasteiger partial charge in [0.1, 0.15) is 0 Å². The maximum Gasteiger partial charge on any atom is 0.407 e. The molecule has 0 atom stereocenters. The molecule has 2 heterocycles. The third-order valence-electron chi connectivity index (χ3n) is 3.44. The third-order valence-corrected chi connectivity index (χ3v) is 3.44. The van der Waals surface area contributed by atoms with E-state index in [1.54, 1.807) is 6.07 Å². The van der Waals surface area contributed by atoms with E-state index >= 15 is 0 Å². The molecule has 1 fully saturated rings. The van der Waals surface area contributed by atoms with E-state index in [0.717, 1.165) is 17.5 Å². The van der Waals surface area contributed by atoms with Gasteiger partial charge in [-0.1, -0.05) is 0 Å². The lowest BCUT2D eigenvalue weighted by Gasteiger charge is -2.29. The predicted molar refractivity (Wildman–Crippen MR) is 69.3 cm³/mol. The minimum absolute atomic E-state index is 0.200. The predicted octanol–water partition coefficient (Wildman–Crippen LogP) is 0.323. The molecule has 1 aromatic rings. The molecule has 8 nitrogen and oxygen atoms in total. The molecule has 3 N–H and O–H groups in total. The number of aliphatic hydroxyl groups excluding tert-OH is 1. The van der Waals surface area contributed by atoms with Gasteiger partial charge in [-0.3, -0.25) is 0 Å². The lowest BCUT2D eigenvalue weighted by atomic mass is 9.97. The second kappa shape index (κ2) is 6.38. The number of nitrogens with one attached hydrogen (secondary N) is 1. The molecule has 0 unspecified atom stereocenters. The molecule has 1 saturated heterocycles. The van der Waals surface area contributed by atoms with Gasteiger partial charge in [-0.25, -0.2) is 9.59 Å². The van der Waals surface area contributed by atoms with Crippen molar-refractivity contribution in [3.8, 4) is 0 Å². The minimum Gasteiger partial charge on any atom is -0.465 e. The van der Waals surface area contributed by atoms with Crippen molar-refractivity contribution in [1.29, 1.82) is 0 Å². The summed E-state index contributed by atoms with van der Waals surface area (Å²) in [5, 5.41) is 24.4. The van der Waals surface area contributed by atoms with Crippen LogP contribution in [0.4, 0.5) is 9.59 Å². The summed E-state index contributed by atoms with van der Waals surface area (Å²) in [6.07, 6.45) is 2.09. The van der Waals surface area contributed by atoms with Crippen LogP contribution in [0.1, 0.15) is 18.5 Å². The standard InChI is InChI=1S/C12H18N4O4/c17-8-10-3-6-16(14-10)11(18)13-7-9-1-4-15(5-2-9)12(19)20/h3,6,9,17H,1-2,4-5,7-8H2,(H,13,18)(H,19,20). The molecule has 0 spiro atoms. The summed E-state index contributed by atoms with van der Waals surface area (Å²) < 4.78 is 1.15. The fraction of sp³-hybridized carbons (Fsp3) is 0.583. The average molecular weight is 282 g/mol. The van der Waals surface area contributed by atoms with Gasteiger partial charge >= 0.3 is 12.1 Å². The van der Waals surface area contributed by atoms with E-state index in [1.165, 1.54) is 11.1 Å². The molecule has 2 amide bonds. The van der Waals surface area contributed by atoms with Crippen LogP contribution in [0.25, 0.3) is 0 Å². The van der Waals surface area contributed by atoms with Gasteiger partial charge in [-0.2, -0.15) is 9.78 Å². The summed E-state index contributed by atoms with van der Waals surface area (Å²) in [6.45, 7) is 1.31. The van der Waals surface area contributed by atoms with Crippen molar-refractivity contribution in [3.63, 3.8) is 0 Å². The zero-order valence-electron chi connectivity index (χ0n) is 11.0. The molecule has 0 aromatic carbocycles. The largest absolute Gasteiger partial charge is 0.465 e. The van der Waals surface area contributed by atoms with Gasteiger partial charge in [0.2, 0.25) is 0 Å². The molecule has 1 aliphatic heterocycles. The van der Waals surface area contributed by atoms with E-state index < -0.39 is 6.09 Å². The third kappa shape index (κ3) is 3.47. The van der Waals surface area contributed by atoms with Crippen LogP contribution < -0.4 is 5.32 Å². The second-order valence-electron chi connectivity index (χ2n) is 4.81. The molecule has 110 valence electrons. The summed E-state index contributed by atoms with van der Waals surface area (Å²) in [5.41, 5.74) is 0.440. The van der Waals surface area contributed by atoms with Crippen molar-refractivity contribution in [2.75, 3.05) is 19.6 Å². The monoisotopic (exact) mass is 282 g/mol. The number of piperidine rings is 1. The summed E-state index contributed by atoms with van der Waals surface area (Å²) in [6, 6.07) is 1.23. The molecule has 0 bridgehead atoms. The van der Waals surface area contributed by atoms with Gasteiger partial charge in [0.15, 0.2) is 0 Å². The van der Waals surface area contributed by atoms with Crippen molar-refractivity contribution < 1.29 is 19.8 Å². The number of carboxylic acid groups (broad SMARTS) is 1.